The number of rotatable bonds is 78. The number of nitrogens with zero attached hydrogens (tertiary/aromatic N) is 3. The summed E-state index contributed by atoms with van der Waals surface area (Å²) >= 11 is 3.04. The van der Waals surface area contributed by atoms with Crippen molar-refractivity contribution in [2.45, 2.75) is 336 Å². The molecule has 0 unspecified atom stereocenters. The molecule has 0 saturated heterocycles. The summed E-state index contributed by atoms with van der Waals surface area (Å²) in [6, 6.07) is 0. The van der Waals surface area contributed by atoms with Gasteiger partial charge >= 0.3 is 29.8 Å². The lowest BCUT2D eigenvalue weighted by molar-refractivity contribution is -0.147. The zero-order valence-electron chi connectivity index (χ0n) is 71.3. The van der Waals surface area contributed by atoms with E-state index in [0.29, 0.717) is 70.8 Å². The van der Waals surface area contributed by atoms with Gasteiger partial charge in [0.2, 0.25) is 5.91 Å². The van der Waals surface area contributed by atoms with Gasteiger partial charge in [-0.1, -0.05) is 253 Å². The van der Waals surface area contributed by atoms with E-state index in [2.05, 4.69) is 135 Å². The highest BCUT2D eigenvalue weighted by atomic mass is 32.2. The molecule has 0 radical (unpaired) electrons. The Morgan fingerprint density at radius 3 is 0.798 bits per heavy atom. The third-order valence-electron chi connectivity index (χ3n) is 17.8. The molecule has 0 aromatic carbocycles. The molecule has 17 heteroatoms. The second kappa shape index (κ2) is 93.9. The molecule has 0 fully saturated rings. The van der Waals surface area contributed by atoms with Crippen molar-refractivity contribution < 1.29 is 52.8 Å². The molecule has 0 atom stereocenters. The van der Waals surface area contributed by atoms with Crippen LogP contribution in [0.2, 0.25) is 0 Å². The van der Waals surface area contributed by atoms with Crippen LogP contribution in [0.3, 0.4) is 0 Å². The number of unbranched alkanes of at least 4 members (excludes halogenated alkanes) is 32. The van der Waals surface area contributed by atoms with Gasteiger partial charge in [0.15, 0.2) is 0 Å². The van der Waals surface area contributed by atoms with E-state index in [-0.39, 0.29) is 48.8 Å². The Labute approximate surface area is 678 Å². The Bertz CT molecular complexity index is 2140. The molecule has 2 N–H and O–H groups in total. The second-order valence-electron chi connectivity index (χ2n) is 29.0. The Morgan fingerprint density at radius 2 is 0.541 bits per heavy atom. The predicted molar refractivity (Wildman–Crippen MR) is 470 cm³/mol. The van der Waals surface area contributed by atoms with Crippen molar-refractivity contribution in [3.8, 4) is 0 Å². The third kappa shape index (κ3) is 99.4. The Morgan fingerprint density at radius 1 is 0.303 bits per heavy atom. The minimum atomic E-state index is -0.733. The molecule has 0 spiro atoms. The molecule has 15 nitrogen and oxygen atoms in total. The number of carbonyl (C=O) groups is 6. The summed E-state index contributed by atoms with van der Waals surface area (Å²) in [5.41, 5.74) is 0. The molecule has 109 heavy (non-hydrogen) atoms. The molecule has 0 heterocycles. The molecule has 1 amide bonds. The Hall–Kier alpha value is -4.68. The van der Waals surface area contributed by atoms with Gasteiger partial charge in [-0.15, -0.1) is 11.8 Å². The maximum Gasteiger partial charge on any atom is 0.313 e. The van der Waals surface area contributed by atoms with Crippen LogP contribution in [-0.2, 0) is 47.7 Å². The first-order valence-electron chi connectivity index (χ1n) is 43.7. The van der Waals surface area contributed by atoms with E-state index in [1.54, 1.807) is 16.7 Å². The van der Waals surface area contributed by atoms with Crippen LogP contribution in [0.25, 0.3) is 0 Å². The quantitative estimate of drug-likeness (QED) is 0.0254. The highest BCUT2D eigenvalue weighted by Crippen LogP contribution is 2.15. The summed E-state index contributed by atoms with van der Waals surface area (Å²) in [6.45, 7) is 13.6. The van der Waals surface area contributed by atoms with E-state index >= 15 is 0 Å². The average molecular weight is 1570 g/mol. The van der Waals surface area contributed by atoms with Crippen LogP contribution >= 0.6 is 23.5 Å². The largest absolute Gasteiger partial charge is 0.481 e. The maximum absolute atomic E-state index is 13.0. The van der Waals surface area contributed by atoms with Crippen molar-refractivity contribution >= 4 is 59.3 Å². The second-order valence-corrected chi connectivity index (χ2v) is 31.3. The van der Waals surface area contributed by atoms with Crippen LogP contribution in [0, 0.1) is 0 Å². The summed E-state index contributed by atoms with van der Waals surface area (Å²) in [7, 11) is 7.98. The van der Waals surface area contributed by atoms with Gasteiger partial charge in [-0.05, 0) is 182 Å². The molecule has 0 aliphatic heterocycles. The molecule has 0 aliphatic rings. The molecule has 0 aromatic rings. The van der Waals surface area contributed by atoms with Gasteiger partial charge in [-0.2, -0.15) is 11.8 Å². The molecule has 632 valence electrons. The summed E-state index contributed by atoms with van der Waals surface area (Å²) < 4.78 is 21.6. The molecular weight excluding hydrogens is 1400 g/mol. The van der Waals surface area contributed by atoms with Gasteiger partial charge in [0.1, 0.15) is 26.4 Å². The molecule has 0 rings (SSSR count). The highest BCUT2D eigenvalue weighted by Gasteiger charge is 2.16. The van der Waals surface area contributed by atoms with E-state index in [9.17, 15) is 28.8 Å². The first-order chi connectivity index (χ1) is 53.2. The highest BCUT2D eigenvalue weighted by molar-refractivity contribution is 8.00. The van der Waals surface area contributed by atoms with E-state index < -0.39 is 5.97 Å². The molecule has 0 saturated carbocycles. The monoisotopic (exact) mass is 1570 g/mol. The van der Waals surface area contributed by atoms with Crippen LogP contribution in [-0.4, -0.2) is 172 Å². The minimum absolute atomic E-state index is 0.0201. The zero-order valence-corrected chi connectivity index (χ0v) is 72.9. The van der Waals surface area contributed by atoms with Crippen LogP contribution in [0.4, 0.5) is 0 Å². The first-order valence-corrected chi connectivity index (χ1v) is 46.0. The Kier molecular flexibility index (Phi) is 93.5. The number of thioether (sulfide) groups is 2. The summed E-state index contributed by atoms with van der Waals surface area (Å²) in [6.07, 6.45) is 89.3. The standard InChI is InChI=1S/C46H82N2O5S.C40H71NO4.C6H13NO2S/c1-5-7-9-11-13-15-17-19-21-23-25-27-29-31-33-35-45(50)52-40-37-48(44(49)43-54-42-39-47(3)4)38-41-53-46(51)36-34-32-30-28-26-24-22-20-18-16-14-12-10-8-6-2;1-3-5-7-9-11-13-15-17-19-21-23-25-27-29-31-33-39(42)44-37-35-41-36-38-45-40(43)34-32-30-28-26-24-22-20-18-16-14-12-10-8-6-4-2;1-7(2)3-4-10-5-6(8)9/h13-16,19-22H,5-12,17-18,23-43H2,1-4H3;11-14,17-20,41H,3-10,15-16,21-38H2,1-2H3;3-5H2,1-2H3,(H,8,9)/b15-13-,16-14-,21-19-,22-20-;13-11-,14-12-,19-17-,20-18-;. The number of ether oxygens (including phenoxy) is 4. The lowest BCUT2D eigenvalue weighted by Crippen LogP contribution is -2.38. The molecule has 0 bridgehead atoms. The Balaban J connectivity index is -0.00000185. The smallest absolute Gasteiger partial charge is 0.313 e. The van der Waals surface area contributed by atoms with Crippen molar-refractivity contribution in [2.24, 2.45) is 0 Å². The van der Waals surface area contributed by atoms with Crippen molar-refractivity contribution in [1.82, 2.24) is 20.0 Å². The lowest BCUT2D eigenvalue weighted by Gasteiger charge is -2.22. The summed E-state index contributed by atoms with van der Waals surface area (Å²) in [5.74, 6) is 0.905. The number of nitrogens with one attached hydrogen (secondary N) is 1. The van der Waals surface area contributed by atoms with Crippen molar-refractivity contribution in [1.29, 1.82) is 0 Å². The van der Waals surface area contributed by atoms with Gasteiger partial charge in [-0.25, -0.2) is 0 Å². The van der Waals surface area contributed by atoms with Crippen LogP contribution in [0.5, 0.6) is 0 Å². The SMILES string of the molecule is CCCCC/C=C\C/C=C\CCCCCCCC(=O)OCCN(CCOC(=O)CCCCCCC/C=C\C/C=C\CCCCC)C(=O)CSCCN(C)C.CCCCC/C=C\C/C=C\CCCCCCCC(=O)OCCNCCOC(=O)CCCCCCC/C=C\C/C=C\CCCCC.CN(C)CCSCC(=O)O. The van der Waals surface area contributed by atoms with Crippen molar-refractivity contribution in [3.63, 3.8) is 0 Å². The predicted octanol–water partition coefficient (Wildman–Crippen LogP) is 23.5. The van der Waals surface area contributed by atoms with Gasteiger partial charge in [0, 0.05) is 63.4 Å². The van der Waals surface area contributed by atoms with E-state index in [1.165, 1.54) is 179 Å². The minimum Gasteiger partial charge on any atom is -0.481 e. The maximum atomic E-state index is 13.0. The fourth-order valence-electron chi connectivity index (χ4n) is 11.0. The fraction of sp³-hybridized carbons (Fsp3) is 0.761. The molecule has 0 aliphatic carbocycles. The average Bonchev–Trinajstić information content (AvgIpc) is 0.937. The number of allylic oxidation sites excluding steroid dienone is 16. The van der Waals surface area contributed by atoms with Crippen molar-refractivity contribution in [2.75, 3.05) is 117 Å². The number of carbonyl (C=O) groups excluding carboxylic acids is 5. The number of carboxylic acids is 1. The van der Waals surface area contributed by atoms with Crippen LogP contribution < -0.4 is 5.32 Å². The normalized spacial score (nSPS) is 11.8. The number of esters is 4. The number of hydrogen-bond donors (Lipinski definition) is 2. The topological polar surface area (TPSA) is 181 Å². The third-order valence-corrected chi connectivity index (χ3v) is 19.7. The number of amides is 1. The fourth-order valence-corrected chi connectivity index (χ4v) is 12.8. The summed E-state index contributed by atoms with van der Waals surface area (Å²) in [5, 5.41) is 11.4. The lowest BCUT2D eigenvalue weighted by atomic mass is 10.1. The molecule has 0 aromatic heterocycles. The van der Waals surface area contributed by atoms with E-state index in [4.69, 9.17) is 24.1 Å². The van der Waals surface area contributed by atoms with Gasteiger partial charge in [-0.3, -0.25) is 28.8 Å². The number of carboxylic acid groups (broad SMARTS) is 1. The summed E-state index contributed by atoms with van der Waals surface area (Å²) in [4.78, 5) is 77.3. The first kappa shape index (κ1) is 108. The number of aliphatic carboxylic acids is 1. The zero-order chi connectivity index (χ0) is 80.3. The van der Waals surface area contributed by atoms with Gasteiger partial charge in [0.05, 0.1) is 24.6 Å². The van der Waals surface area contributed by atoms with E-state index in [1.807, 2.05) is 33.1 Å². The van der Waals surface area contributed by atoms with Crippen LogP contribution in [0.15, 0.2) is 97.2 Å². The van der Waals surface area contributed by atoms with Crippen LogP contribution in [0.1, 0.15) is 336 Å². The van der Waals surface area contributed by atoms with E-state index in [0.717, 1.165) is 140 Å². The van der Waals surface area contributed by atoms with Gasteiger partial charge < -0.3 is 44.1 Å². The molecular formula is C92H166N4O11S2. The van der Waals surface area contributed by atoms with Gasteiger partial charge in [0.25, 0.3) is 0 Å². The van der Waals surface area contributed by atoms with Crippen molar-refractivity contribution in [3.05, 3.63) is 97.2 Å². The number of hydrogen-bond acceptors (Lipinski definition) is 15.